The molecule has 82 valence electrons. The van der Waals surface area contributed by atoms with Gasteiger partial charge in [-0.2, -0.15) is 0 Å². The zero-order chi connectivity index (χ0) is 11.0. The van der Waals surface area contributed by atoms with Gasteiger partial charge in [-0.05, 0) is 0 Å². The summed E-state index contributed by atoms with van der Waals surface area (Å²) in [6.45, 7) is -0.909. The van der Waals surface area contributed by atoms with Gasteiger partial charge in [0.1, 0.15) is 0 Å². The van der Waals surface area contributed by atoms with Crippen LogP contribution in [-0.4, -0.2) is 45.4 Å². The predicted molar refractivity (Wildman–Crippen MR) is 40.2 cm³/mol. The van der Waals surface area contributed by atoms with Crippen LogP contribution in [0.1, 0.15) is 1.43 Å². The Labute approximate surface area is 129 Å². The van der Waals surface area contributed by atoms with E-state index < -0.39 is 35.4 Å². The van der Waals surface area contributed by atoms with Crippen LogP contribution in [0.4, 0.5) is 12.9 Å². The van der Waals surface area contributed by atoms with Gasteiger partial charge in [-0.3, -0.25) is 12.9 Å². The maximum absolute atomic E-state index is 12.2. The van der Waals surface area contributed by atoms with Crippen LogP contribution in [-0.2, 0) is 18.9 Å². The second-order valence-electron chi connectivity index (χ2n) is 1.79. The monoisotopic (exact) mass is 256 g/mol. The van der Waals surface area contributed by atoms with E-state index in [1.54, 1.807) is 0 Å². The van der Waals surface area contributed by atoms with Crippen LogP contribution >= 0.6 is 0 Å². The number of halogens is 3. The van der Waals surface area contributed by atoms with E-state index in [2.05, 4.69) is 18.9 Å². The molecule has 0 aliphatic heterocycles. The normalized spacial score (nSPS) is 9.40. The molecule has 0 heterocycles. The predicted octanol–water partition coefficient (Wildman–Crippen LogP) is -4.07. The van der Waals surface area contributed by atoms with Crippen molar-refractivity contribution in [2.24, 2.45) is 0 Å². The maximum Gasteiger partial charge on any atom is 1.00 e. The minimum Gasteiger partial charge on any atom is -1.00 e. The molecule has 0 atom stereocenters. The van der Waals surface area contributed by atoms with Gasteiger partial charge in [-0.1, -0.05) is 0 Å². The molecule has 0 saturated carbocycles. The second kappa shape index (κ2) is 11.9. The van der Waals surface area contributed by atoms with E-state index in [4.69, 9.17) is 10.0 Å². The van der Waals surface area contributed by atoms with E-state index >= 15 is 0 Å². The first kappa shape index (κ1) is 18.7. The van der Waals surface area contributed by atoms with Gasteiger partial charge >= 0.3 is 73.6 Å². The molecular weight excluding hydrogens is 249 g/mol. The molecule has 0 bridgehead atoms. The fourth-order valence-electron chi connectivity index (χ4n) is 0.403. The molecule has 0 aromatic carbocycles. The van der Waals surface area contributed by atoms with Gasteiger partial charge in [0, 0.05) is 0 Å². The van der Waals surface area contributed by atoms with Crippen molar-refractivity contribution in [2.45, 2.75) is 0 Å². The van der Waals surface area contributed by atoms with E-state index in [-0.39, 0.29) is 52.8 Å². The molecule has 0 saturated heterocycles. The maximum atomic E-state index is 12.2. The summed E-state index contributed by atoms with van der Waals surface area (Å²) in [5.41, 5.74) is 0. The third-order valence-electron chi connectivity index (χ3n) is 0.798. The van der Waals surface area contributed by atoms with E-state index in [9.17, 15) is 12.9 Å². The summed E-state index contributed by atoms with van der Waals surface area (Å²) >= 11 is 0. The fourth-order valence-corrected chi connectivity index (χ4v) is 0.403. The van der Waals surface area contributed by atoms with Crippen molar-refractivity contribution >= 4 is 22.2 Å². The summed E-state index contributed by atoms with van der Waals surface area (Å²) in [4.78, 5) is 6.79. The molecule has 15 heavy (non-hydrogen) atoms. The van der Waals surface area contributed by atoms with Gasteiger partial charge in [0.05, 0.1) is 13.2 Å². The van der Waals surface area contributed by atoms with Gasteiger partial charge in [-0.15, -0.1) is 0 Å². The Balaban J connectivity index is -0.000000845. The Morgan fingerprint density at radius 2 is 1.47 bits per heavy atom. The average molecular weight is 256 g/mol. The van der Waals surface area contributed by atoms with E-state index in [0.29, 0.717) is 0 Å². The summed E-state index contributed by atoms with van der Waals surface area (Å²) in [6.07, 6.45) is 0. The van der Waals surface area contributed by atoms with Crippen LogP contribution in [0.15, 0.2) is 0 Å². The first-order valence-electron chi connectivity index (χ1n) is 3.36. The number of hydrogen-bond donors (Lipinski definition) is 2. The first-order valence-corrected chi connectivity index (χ1v) is 3.36. The van der Waals surface area contributed by atoms with Crippen LogP contribution in [0.25, 0.3) is 0 Å². The molecule has 6 nitrogen and oxygen atoms in total. The van der Waals surface area contributed by atoms with Crippen molar-refractivity contribution in [1.29, 1.82) is 0 Å². The molecule has 0 aromatic rings. The van der Waals surface area contributed by atoms with Crippen molar-refractivity contribution in [2.75, 3.05) is 13.2 Å². The molecule has 13 heteroatoms. The third-order valence-corrected chi connectivity index (χ3v) is 0.798. The molecule has 2 N–H and O–H groups in total. The third kappa shape index (κ3) is 15.4. The minimum atomic E-state index is -2.79. The van der Waals surface area contributed by atoms with Gasteiger partial charge < -0.3 is 20.8 Å². The largest absolute Gasteiger partial charge is 1.00 e. The molecular formula is C2H7B3F3KO6. The summed E-state index contributed by atoms with van der Waals surface area (Å²) < 4.78 is 43.1. The summed E-state index contributed by atoms with van der Waals surface area (Å²) in [7, 11) is -7.73. The Hall–Kier alpha value is 1.38. The van der Waals surface area contributed by atoms with Crippen LogP contribution in [0.2, 0.25) is 0 Å². The number of hydrogen-bond acceptors (Lipinski definition) is 6. The minimum absolute atomic E-state index is 0. The van der Waals surface area contributed by atoms with Gasteiger partial charge in [0.25, 0.3) is 0 Å². The van der Waals surface area contributed by atoms with E-state index in [0.717, 1.165) is 0 Å². The van der Waals surface area contributed by atoms with Crippen LogP contribution in [0, 0.1) is 0 Å². The molecule has 0 radical (unpaired) electrons. The fraction of sp³-hybridized carbons (Fsp3) is 1.00. The molecule has 0 aromatic heterocycles. The van der Waals surface area contributed by atoms with Crippen molar-refractivity contribution in [3.8, 4) is 0 Å². The van der Waals surface area contributed by atoms with Gasteiger partial charge in [0.2, 0.25) is 0 Å². The Morgan fingerprint density at radius 3 is 1.93 bits per heavy atom. The van der Waals surface area contributed by atoms with Crippen molar-refractivity contribution in [3.63, 3.8) is 0 Å². The SMILES string of the molecule is OB(F)OCCOB(F)OOB(O)F.[H-].[K+]. The van der Waals surface area contributed by atoms with Crippen LogP contribution in [0.5, 0.6) is 0 Å². The van der Waals surface area contributed by atoms with E-state index in [1.165, 1.54) is 0 Å². The molecule has 0 aliphatic rings. The topological polar surface area (TPSA) is 77.4 Å². The Morgan fingerprint density at radius 1 is 0.933 bits per heavy atom. The van der Waals surface area contributed by atoms with E-state index in [1.807, 2.05) is 0 Å². The molecule has 0 unspecified atom stereocenters. The van der Waals surface area contributed by atoms with Crippen molar-refractivity contribution in [1.82, 2.24) is 0 Å². The van der Waals surface area contributed by atoms with Crippen LogP contribution in [0.3, 0.4) is 0 Å². The zero-order valence-electron chi connectivity index (χ0n) is 8.81. The van der Waals surface area contributed by atoms with Crippen molar-refractivity contribution in [3.05, 3.63) is 0 Å². The second-order valence-corrected chi connectivity index (χ2v) is 1.79. The molecule has 0 aliphatic carbocycles. The molecule has 0 amide bonds. The standard InChI is InChI=1S/C2H6B3F3O6.K.H/c6-3(9)11-1-2-12-5(8)14-13-4(7)10;;/h9-10H,1-2H2;;/q;+1;-1. The summed E-state index contributed by atoms with van der Waals surface area (Å²) in [5.74, 6) is 0. The smallest absolute Gasteiger partial charge is 1.00 e. The zero-order valence-corrected chi connectivity index (χ0v) is 10.9. The molecule has 0 fully saturated rings. The first-order chi connectivity index (χ1) is 6.52. The van der Waals surface area contributed by atoms with Crippen LogP contribution < -0.4 is 51.4 Å². The summed E-state index contributed by atoms with van der Waals surface area (Å²) in [5, 5.41) is 15.7. The molecule has 0 spiro atoms. The quantitative estimate of drug-likeness (QED) is 0.199. The van der Waals surface area contributed by atoms with Crippen molar-refractivity contribution < 1.29 is 94.7 Å². The Bertz CT molecular complexity index is 150. The Kier molecular flexibility index (Phi) is 14.8. The summed E-state index contributed by atoms with van der Waals surface area (Å²) in [6, 6.07) is 0. The van der Waals surface area contributed by atoms with Gasteiger partial charge in [0.15, 0.2) is 0 Å². The molecule has 0 rings (SSSR count). The van der Waals surface area contributed by atoms with Gasteiger partial charge in [-0.25, -0.2) is 9.61 Å². The number of rotatable bonds is 8. The average Bonchev–Trinajstić information content (AvgIpc) is 2.08.